The number of halogens is 2. The van der Waals surface area contributed by atoms with Crippen molar-refractivity contribution < 1.29 is 19.1 Å². The lowest BCUT2D eigenvalue weighted by Gasteiger charge is -2.13. The maximum Gasteiger partial charge on any atom is 0.329 e. The maximum atomic E-state index is 12.2. The molecule has 0 saturated heterocycles. The third kappa shape index (κ3) is 7.47. The molecule has 0 aromatic heterocycles. The predicted octanol–water partition coefficient (Wildman–Crippen LogP) is 5.68. The summed E-state index contributed by atoms with van der Waals surface area (Å²) in [4.78, 5) is 24.3. The maximum absolute atomic E-state index is 12.2. The molecular formula is C26H25Cl2N3O4. The molecule has 9 heteroatoms. The van der Waals surface area contributed by atoms with Crippen molar-refractivity contribution in [2.24, 2.45) is 5.10 Å². The summed E-state index contributed by atoms with van der Waals surface area (Å²) in [5.74, 6) is -0.674. The van der Waals surface area contributed by atoms with Crippen molar-refractivity contribution in [3.05, 3.63) is 86.9 Å². The molecule has 2 amide bonds. The summed E-state index contributed by atoms with van der Waals surface area (Å²) >= 11 is 12.1. The van der Waals surface area contributed by atoms with Gasteiger partial charge in [0.15, 0.2) is 11.5 Å². The molecule has 0 aliphatic rings. The Bertz CT molecular complexity index is 1260. The molecular weight excluding hydrogens is 489 g/mol. The van der Waals surface area contributed by atoms with Gasteiger partial charge >= 0.3 is 11.8 Å². The predicted molar refractivity (Wildman–Crippen MR) is 139 cm³/mol. The number of benzene rings is 3. The van der Waals surface area contributed by atoms with Crippen LogP contribution in [-0.4, -0.2) is 24.6 Å². The lowest BCUT2D eigenvalue weighted by Crippen LogP contribution is -2.32. The van der Waals surface area contributed by atoms with E-state index in [0.29, 0.717) is 39.4 Å². The van der Waals surface area contributed by atoms with E-state index in [2.05, 4.69) is 15.8 Å². The highest BCUT2D eigenvalue weighted by Crippen LogP contribution is 2.30. The van der Waals surface area contributed by atoms with E-state index in [1.54, 1.807) is 42.5 Å². The molecule has 0 aliphatic carbocycles. The SMILES string of the molecule is CCOc1cc(/C=N/NC(=O)C(=O)Nc2ccc(C)cc2C)ccc1OCc1ccc(Cl)cc1Cl. The molecule has 0 unspecified atom stereocenters. The van der Waals surface area contributed by atoms with Crippen LogP contribution in [-0.2, 0) is 16.2 Å². The van der Waals surface area contributed by atoms with Gasteiger partial charge in [0.2, 0.25) is 0 Å². The third-order valence-electron chi connectivity index (χ3n) is 4.88. The van der Waals surface area contributed by atoms with Crippen LogP contribution < -0.4 is 20.2 Å². The van der Waals surface area contributed by atoms with Gasteiger partial charge in [-0.15, -0.1) is 0 Å². The van der Waals surface area contributed by atoms with E-state index in [1.807, 2.05) is 32.9 Å². The number of aryl methyl sites for hydroxylation is 2. The summed E-state index contributed by atoms with van der Waals surface area (Å²) in [6.45, 7) is 6.31. The summed E-state index contributed by atoms with van der Waals surface area (Å²) in [5.41, 5.74) is 6.14. The van der Waals surface area contributed by atoms with Crippen LogP contribution in [0, 0.1) is 13.8 Å². The average Bonchev–Trinajstić information content (AvgIpc) is 2.81. The van der Waals surface area contributed by atoms with Crippen molar-refractivity contribution in [1.29, 1.82) is 0 Å². The first-order chi connectivity index (χ1) is 16.8. The topological polar surface area (TPSA) is 89.0 Å². The fraction of sp³-hybridized carbons (Fsp3) is 0.192. The number of rotatable bonds is 8. The number of carbonyl (C=O) groups is 2. The minimum absolute atomic E-state index is 0.231. The van der Waals surface area contributed by atoms with Gasteiger partial charge < -0.3 is 14.8 Å². The first-order valence-electron chi connectivity index (χ1n) is 10.8. The fourth-order valence-electron chi connectivity index (χ4n) is 3.14. The van der Waals surface area contributed by atoms with Crippen molar-refractivity contribution in [1.82, 2.24) is 5.43 Å². The van der Waals surface area contributed by atoms with Crippen LogP contribution in [0.25, 0.3) is 0 Å². The van der Waals surface area contributed by atoms with Crippen molar-refractivity contribution in [3.8, 4) is 11.5 Å². The second kappa shape index (κ2) is 12.2. The highest BCUT2D eigenvalue weighted by atomic mass is 35.5. The Morgan fingerprint density at radius 3 is 2.46 bits per heavy atom. The standard InChI is InChI=1S/C26H25Cl2N3O4/c1-4-34-24-12-18(6-10-23(24)35-15-19-7-8-20(27)13-21(19)28)14-29-31-26(33)25(32)30-22-9-5-16(2)11-17(22)3/h5-14H,4,15H2,1-3H3,(H,30,32)(H,31,33)/b29-14+. The van der Waals surface area contributed by atoms with Crippen molar-refractivity contribution in [3.63, 3.8) is 0 Å². The molecule has 0 atom stereocenters. The van der Waals surface area contributed by atoms with E-state index in [1.165, 1.54) is 6.21 Å². The van der Waals surface area contributed by atoms with Crippen LogP contribution in [0.3, 0.4) is 0 Å². The molecule has 0 aliphatic heterocycles. The van der Waals surface area contributed by atoms with Gasteiger partial charge in [-0.1, -0.05) is 47.0 Å². The Hall–Kier alpha value is -3.55. The van der Waals surface area contributed by atoms with E-state index in [4.69, 9.17) is 32.7 Å². The Kier molecular flexibility index (Phi) is 9.11. The lowest BCUT2D eigenvalue weighted by atomic mass is 10.1. The minimum Gasteiger partial charge on any atom is -0.490 e. The van der Waals surface area contributed by atoms with E-state index >= 15 is 0 Å². The Labute approximate surface area is 214 Å². The van der Waals surface area contributed by atoms with Gasteiger partial charge in [-0.3, -0.25) is 9.59 Å². The molecule has 2 N–H and O–H groups in total. The summed E-state index contributed by atoms with van der Waals surface area (Å²) < 4.78 is 11.6. The average molecular weight is 514 g/mol. The van der Waals surface area contributed by atoms with Gasteiger partial charge in [-0.05, 0) is 68.3 Å². The van der Waals surface area contributed by atoms with Gasteiger partial charge in [0.1, 0.15) is 6.61 Å². The van der Waals surface area contributed by atoms with Crippen LogP contribution in [0.2, 0.25) is 10.0 Å². The molecule has 0 radical (unpaired) electrons. The van der Waals surface area contributed by atoms with Crippen LogP contribution in [0.1, 0.15) is 29.2 Å². The summed E-state index contributed by atoms with van der Waals surface area (Å²) in [7, 11) is 0. The molecule has 0 saturated carbocycles. The molecule has 182 valence electrons. The zero-order valence-corrected chi connectivity index (χ0v) is 21.0. The second-order valence-corrected chi connectivity index (χ2v) is 8.48. The number of nitrogens with zero attached hydrogens (tertiary/aromatic N) is 1. The summed E-state index contributed by atoms with van der Waals surface area (Å²) in [5, 5.41) is 7.51. The number of hydrazone groups is 1. The minimum atomic E-state index is -0.883. The van der Waals surface area contributed by atoms with Crippen molar-refractivity contribution in [2.45, 2.75) is 27.4 Å². The van der Waals surface area contributed by atoms with Gasteiger partial charge in [-0.2, -0.15) is 5.10 Å². The molecule has 0 heterocycles. The number of anilines is 1. The molecule has 3 aromatic rings. The van der Waals surface area contributed by atoms with E-state index < -0.39 is 11.8 Å². The first kappa shape index (κ1) is 26.1. The summed E-state index contributed by atoms with van der Waals surface area (Å²) in [6, 6.07) is 15.9. The van der Waals surface area contributed by atoms with Crippen molar-refractivity contribution >= 4 is 46.9 Å². The molecule has 0 spiro atoms. The molecule has 3 rings (SSSR count). The lowest BCUT2D eigenvalue weighted by molar-refractivity contribution is -0.136. The molecule has 0 fully saturated rings. The van der Waals surface area contributed by atoms with Gasteiger partial charge in [0.05, 0.1) is 12.8 Å². The largest absolute Gasteiger partial charge is 0.490 e. The Morgan fingerprint density at radius 2 is 1.74 bits per heavy atom. The molecule has 35 heavy (non-hydrogen) atoms. The number of carbonyl (C=O) groups excluding carboxylic acids is 2. The second-order valence-electron chi connectivity index (χ2n) is 7.64. The summed E-state index contributed by atoms with van der Waals surface area (Å²) in [6.07, 6.45) is 1.41. The quantitative estimate of drug-likeness (QED) is 0.230. The number of nitrogens with one attached hydrogen (secondary N) is 2. The number of hydrogen-bond acceptors (Lipinski definition) is 5. The van der Waals surface area contributed by atoms with Gasteiger partial charge in [-0.25, -0.2) is 5.43 Å². The van der Waals surface area contributed by atoms with Gasteiger partial charge in [0.25, 0.3) is 0 Å². The zero-order chi connectivity index (χ0) is 25.4. The van der Waals surface area contributed by atoms with Crippen LogP contribution >= 0.6 is 23.2 Å². The monoisotopic (exact) mass is 513 g/mol. The van der Waals surface area contributed by atoms with Crippen LogP contribution in [0.5, 0.6) is 11.5 Å². The van der Waals surface area contributed by atoms with Crippen molar-refractivity contribution in [2.75, 3.05) is 11.9 Å². The highest BCUT2D eigenvalue weighted by Gasteiger charge is 2.14. The normalized spacial score (nSPS) is 10.8. The molecule has 0 bridgehead atoms. The van der Waals surface area contributed by atoms with E-state index in [-0.39, 0.29) is 6.61 Å². The highest BCUT2D eigenvalue weighted by molar-refractivity contribution is 6.39. The Balaban J connectivity index is 1.61. The molecule has 3 aromatic carbocycles. The van der Waals surface area contributed by atoms with E-state index in [9.17, 15) is 9.59 Å². The van der Waals surface area contributed by atoms with E-state index in [0.717, 1.165) is 16.7 Å². The van der Waals surface area contributed by atoms with Gasteiger partial charge in [0, 0.05) is 21.3 Å². The Morgan fingerprint density at radius 1 is 0.943 bits per heavy atom. The fourth-order valence-corrected chi connectivity index (χ4v) is 3.60. The number of amides is 2. The molecule has 7 nitrogen and oxygen atoms in total. The smallest absolute Gasteiger partial charge is 0.329 e. The third-order valence-corrected chi connectivity index (χ3v) is 5.47. The van der Waals surface area contributed by atoms with Crippen LogP contribution in [0.4, 0.5) is 5.69 Å². The number of hydrogen-bond donors (Lipinski definition) is 2. The zero-order valence-electron chi connectivity index (χ0n) is 19.5. The van der Waals surface area contributed by atoms with Crippen LogP contribution in [0.15, 0.2) is 59.7 Å². The number of ether oxygens (including phenoxy) is 2. The first-order valence-corrected chi connectivity index (χ1v) is 11.6.